The van der Waals surface area contributed by atoms with E-state index in [2.05, 4.69) is 6.92 Å². The molecule has 2 rings (SSSR count). The minimum absolute atomic E-state index is 0.00891. The maximum absolute atomic E-state index is 11.8. The maximum atomic E-state index is 11.8. The predicted molar refractivity (Wildman–Crippen MR) is 88.9 cm³/mol. The lowest BCUT2D eigenvalue weighted by Gasteiger charge is -2.27. The number of hydrogen-bond donors (Lipinski definition) is 0. The van der Waals surface area contributed by atoms with Crippen LogP contribution in [0, 0.1) is 5.92 Å². The fourth-order valence-electron chi connectivity index (χ4n) is 3.67. The molecule has 0 aromatic rings. The molecule has 0 radical (unpaired) electrons. The molecule has 0 amide bonds. The summed E-state index contributed by atoms with van der Waals surface area (Å²) in [5.74, 6) is -0.0685. The van der Waals surface area contributed by atoms with Gasteiger partial charge in [0.2, 0.25) is 0 Å². The van der Waals surface area contributed by atoms with Gasteiger partial charge in [0.05, 0.1) is 0 Å². The van der Waals surface area contributed by atoms with E-state index in [1.165, 1.54) is 31.4 Å². The molecule has 4 nitrogen and oxygen atoms in total. The second-order valence-corrected chi connectivity index (χ2v) is 6.90. The minimum atomic E-state index is -0.430. The van der Waals surface area contributed by atoms with E-state index in [0.29, 0.717) is 0 Å². The van der Waals surface area contributed by atoms with Crippen LogP contribution in [0.4, 0.5) is 0 Å². The van der Waals surface area contributed by atoms with Crippen molar-refractivity contribution < 1.29 is 19.1 Å². The van der Waals surface area contributed by atoms with Crippen LogP contribution in [0.25, 0.3) is 0 Å². The second kappa shape index (κ2) is 9.74. The Labute approximate surface area is 139 Å². The molecule has 0 aliphatic heterocycles. The summed E-state index contributed by atoms with van der Waals surface area (Å²) in [6.07, 6.45) is 14.4. The highest BCUT2D eigenvalue weighted by atomic mass is 16.5. The fraction of sp³-hybridized carbons (Fsp3) is 0.789. The quantitative estimate of drug-likeness (QED) is 0.540. The Hall–Kier alpha value is -1.32. The summed E-state index contributed by atoms with van der Waals surface area (Å²) >= 11 is 0. The largest absolute Gasteiger partial charge is 0.459 e. The van der Waals surface area contributed by atoms with Crippen molar-refractivity contribution in [1.82, 2.24) is 0 Å². The summed E-state index contributed by atoms with van der Waals surface area (Å²) in [6, 6.07) is 0. The molecule has 130 valence electrons. The van der Waals surface area contributed by atoms with Crippen LogP contribution in [0.15, 0.2) is 12.2 Å². The van der Waals surface area contributed by atoms with E-state index < -0.39 is 11.9 Å². The van der Waals surface area contributed by atoms with Gasteiger partial charge in [0.15, 0.2) is 0 Å². The van der Waals surface area contributed by atoms with Gasteiger partial charge in [-0.1, -0.05) is 26.2 Å². The molecule has 0 bridgehead atoms. The first-order valence-corrected chi connectivity index (χ1v) is 9.26. The average Bonchev–Trinajstić information content (AvgIpc) is 2.56. The van der Waals surface area contributed by atoms with Crippen LogP contribution in [0.1, 0.15) is 77.6 Å². The van der Waals surface area contributed by atoms with Crippen molar-refractivity contribution in [2.24, 2.45) is 5.92 Å². The van der Waals surface area contributed by atoms with Crippen LogP contribution in [0.3, 0.4) is 0 Å². The highest BCUT2D eigenvalue weighted by Crippen LogP contribution is 2.29. The third-order valence-electron chi connectivity index (χ3n) is 4.96. The molecule has 0 spiro atoms. The molecule has 0 heterocycles. The van der Waals surface area contributed by atoms with E-state index in [-0.39, 0.29) is 12.2 Å². The standard InChI is InChI=1S/C19H30O4/c1-2-6-15-9-11-17(12-10-15)23-19(21)14-13-18(20)22-16-7-4-3-5-8-16/h13-17H,2-12H2,1H3/b14-13+. The molecule has 0 saturated heterocycles. The zero-order chi connectivity index (χ0) is 16.5. The van der Waals surface area contributed by atoms with Crippen LogP contribution in [0.5, 0.6) is 0 Å². The average molecular weight is 322 g/mol. The lowest BCUT2D eigenvalue weighted by molar-refractivity contribution is -0.147. The number of ether oxygens (including phenoxy) is 2. The van der Waals surface area contributed by atoms with Crippen LogP contribution in [0.2, 0.25) is 0 Å². The Balaban J connectivity index is 1.64. The van der Waals surface area contributed by atoms with E-state index in [0.717, 1.165) is 57.3 Å². The number of carbonyl (C=O) groups is 2. The van der Waals surface area contributed by atoms with E-state index in [1.54, 1.807) is 0 Å². The van der Waals surface area contributed by atoms with Crippen molar-refractivity contribution >= 4 is 11.9 Å². The number of rotatable bonds is 6. The molecule has 0 N–H and O–H groups in total. The van der Waals surface area contributed by atoms with Gasteiger partial charge < -0.3 is 9.47 Å². The predicted octanol–water partition coefficient (Wildman–Crippen LogP) is 4.32. The van der Waals surface area contributed by atoms with Crippen molar-refractivity contribution in [2.75, 3.05) is 0 Å². The SMILES string of the molecule is CCCC1CCC(OC(=O)/C=C/C(=O)OC2CCCCC2)CC1. The van der Waals surface area contributed by atoms with Crippen LogP contribution in [-0.4, -0.2) is 24.1 Å². The van der Waals surface area contributed by atoms with Gasteiger partial charge in [-0.05, 0) is 57.3 Å². The molecule has 2 aliphatic rings. The zero-order valence-electron chi connectivity index (χ0n) is 14.3. The van der Waals surface area contributed by atoms with E-state index in [1.807, 2.05) is 0 Å². The summed E-state index contributed by atoms with van der Waals surface area (Å²) in [6.45, 7) is 2.21. The first-order chi connectivity index (χ1) is 11.2. The molecule has 23 heavy (non-hydrogen) atoms. The molecule has 2 fully saturated rings. The Morgan fingerprint density at radius 3 is 1.87 bits per heavy atom. The van der Waals surface area contributed by atoms with Gasteiger partial charge in [-0.3, -0.25) is 0 Å². The topological polar surface area (TPSA) is 52.6 Å². The maximum Gasteiger partial charge on any atom is 0.331 e. The first-order valence-electron chi connectivity index (χ1n) is 9.26. The Bertz CT molecular complexity index is 402. The fourth-order valence-corrected chi connectivity index (χ4v) is 3.67. The Morgan fingerprint density at radius 1 is 0.826 bits per heavy atom. The van der Waals surface area contributed by atoms with Crippen molar-refractivity contribution in [3.63, 3.8) is 0 Å². The normalized spacial score (nSPS) is 26.1. The van der Waals surface area contributed by atoms with Gasteiger partial charge >= 0.3 is 11.9 Å². The molecule has 2 aliphatic carbocycles. The first kappa shape index (κ1) is 18.0. The van der Waals surface area contributed by atoms with Crippen molar-refractivity contribution in [3.05, 3.63) is 12.2 Å². The number of hydrogen-bond acceptors (Lipinski definition) is 4. The van der Waals surface area contributed by atoms with Crippen LogP contribution >= 0.6 is 0 Å². The van der Waals surface area contributed by atoms with E-state index in [9.17, 15) is 9.59 Å². The summed E-state index contributed by atoms with van der Waals surface area (Å²) in [5, 5.41) is 0. The van der Waals surface area contributed by atoms with Crippen molar-refractivity contribution in [1.29, 1.82) is 0 Å². The second-order valence-electron chi connectivity index (χ2n) is 6.90. The highest BCUT2D eigenvalue weighted by molar-refractivity contribution is 5.91. The Kier molecular flexibility index (Phi) is 7.63. The lowest BCUT2D eigenvalue weighted by atomic mass is 9.85. The summed E-state index contributed by atoms with van der Waals surface area (Å²) < 4.78 is 10.8. The summed E-state index contributed by atoms with van der Waals surface area (Å²) in [7, 11) is 0. The van der Waals surface area contributed by atoms with Gasteiger partial charge in [-0.25, -0.2) is 9.59 Å². The smallest absolute Gasteiger partial charge is 0.331 e. The molecule has 0 aromatic carbocycles. The minimum Gasteiger partial charge on any atom is -0.459 e. The molecular formula is C19H30O4. The molecular weight excluding hydrogens is 292 g/mol. The van der Waals surface area contributed by atoms with Crippen molar-refractivity contribution in [2.45, 2.75) is 89.8 Å². The van der Waals surface area contributed by atoms with E-state index >= 15 is 0 Å². The Morgan fingerprint density at radius 2 is 1.35 bits per heavy atom. The zero-order valence-corrected chi connectivity index (χ0v) is 14.3. The molecule has 0 unspecified atom stereocenters. The van der Waals surface area contributed by atoms with Gasteiger partial charge in [0, 0.05) is 12.2 Å². The molecule has 0 atom stereocenters. The molecule has 4 heteroatoms. The van der Waals surface area contributed by atoms with Gasteiger partial charge in [-0.15, -0.1) is 0 Å². The van der Waals surface area contributed by atoms with Crippen molar-refractivity contribution in [3.8, 4) is 0 Å². The summed E-state index contributed by atoms with van der Waals surface area (Å²) in [5.41, 5.74) is 0. The highest BCUT2D eigenvalue weighted by Gasteiger charge is 2.23. The lowest BCUT2D eigenvalue weighted by Crippen LogP contribution is -2.24. The third-order valence-corrected chi connectivity index (χ3v) is 4.96. The molecule has 0 aromatic heterocycles. The number of carbonyl (C=O) groups excluding carboxylic acids is 2. The molecule has 2 saturated carbocycles. The van der Waals surface area contributed by atoms with Gasteiger partial charge in [-0.2, -0.15) is 0 Å². The third kappa shape index (κ3) is 6.76. The monoisotopic (exact) mass is 322 g/mol. The summed E-state index contributed by atoms with van der Waals surface area (Å²) in [4.78, 5) is 23.5. The van der Waals surface area contributed by atoms with Gasteiger partial charge in [0.1, 0.15) is 12.2 Å². The van der Waals surface area contributed by atoms with Crippen LogP contribution in [-0.2, 0) is 19.1 Å². The van der Waals surface area contributed by atoms with Gasteiger partial charge in [0.25, 0.3) is 0 Å². The van der Waals surface area contributed by atoms with Crippen LogP contribution < -0.4 is 0 Å². The number of esters is 2. The van der Waals surface area contributed by atoms with E-state index in [4.69, 9.17) is 9.47 Å².